The van der Waals surface area contributed by atoms with Gasteiger partial charge in [0.05, 0.1) is 12.2 Å². The summed E-state index contributed by atoms with van der Waals surface area (Å²) >= 11 is 0. The Kier molecular flexibility index (Phi) is 4.41. The fraction of sp³-hybridized carbons (Fsp3) is 0.615. The summed E-state index contributed by atoms with van der Waals surface area (Å²) in [6, 6.07) is 3.64. The van der Waals surface area contributed by atoms with Gasteiger partial charge in [-0.05, 0) is 26.8 Å². The van der Waals surface area contributed by atoms with Crippen LogP contribution < -0.4 is 5.46 Å². The zero-order chi connectivity index (χ0) is 14.8. The van der Waals surface area contributed by atoms with Gasteiger partial charge in [-0.1, -0.05) is 6.07 Å². The molecule has 0 bridgehead atoms. The quantitative estimate of drug-likeness (QED) is 0.771. The molecule has 0 radical (unpaired) electrons. The van der Waals surface area contributed by atoms with E-state index >= 15 is 0 Å². The zero-order valence-electron chi connectivity index (χ0n) is 11.8. The molecule has 4 nitrogen and oxygen atoms in total. The third-order valence-corrected chi connectivity index (χ3v) is 3.62. The number of hydrogen-bond acceptors (Lipinski definition) is 4. The van der Waals surface area contributed by atoms with Crippen LogP contribution in [0.15, 0.2) is 24.5 Å². The smallest absolute Gasteiger partial charge is 0.399 e. The molecule has 2 rings (SSSR count). The first-order valence-electron chi connectivity index (χ1n) is 6.45. The van der Waals surface area contributed by atoms with Gasteiger partial charge < -0.3 is 14.0 Å². The average Bonchev–Trinajstić information content (AvgIpc) is 2.61. The van der Waals surface area contributed by atoms with Crippen LogP contribution in [0, 0.1) is 0 Å². The van der Waals surface area contributed by atoms with Crippen molar-refractivity contribution in [3.63, 3.8) is 0 Å². The van der Waals surface area contributed by atoms with Crippen molar-refractivity contribution in [2.24, 2.45) is 0 Å². The first kappa shape index (κ1) is 15.3. The fourth-order valence-electron chi connectivity index (χ4n) is 2.00. The monoisotopic (exact) mass is 285 g/mol. The van der Waals surface area contributed by atoms with Crippen LogP contribution >= 0.6 is 0 Å². The number of alkyl halides is 2. The summed E-state index contributed by atoms with van der Waals surface area (Å²) in [5.74, 6) is 0. The van der Waals surface area contributed by atoms with Crippen molar-refractivity contribution in [3.05, 3.63) is 24.5 Å². The van der Waals surface area contributed by atoms with E-state index in [9.17, 15) is 8.78 Å². The number of ether oxygens (including phenoxy) is 1. The minimum absolute atomic E-state index is 0.0428. The van der Waals surface area contributed by atoms with Gasteiger partial charge in [0.2, 0.25) is 0 Å². The summed E-state index contributed by atoms with van der Waals surface area (Å²) in [7, 11) is -0.571. The topological polar surface area (TPSA) is 40.6 Å². The van der Waals surface area contributed by atoms with Crippen LogP contribution in [0.25, 0.3) is 0 Å². The van der Waals surface area contributed by atoms with E-state index in [4.69, 9.17) is 14.0 Å². The molecule has 0 aromatic carbocycles. The number of nitrogens with zero attached hydrogens (tertiary/aromatic N) is 1. The van der Waals surface area contributed by atoms with E-state index < -0.39 is 31.4 Å². The molecule has 0 aliphatic carbocycles. The summed E-state index contributed by atoms with van der Waals surface area (Å²) in [4.78, 5) is 4.02. The SMILES string of the molecule is CC1(C)OB(c2cccnc2)OC1(C)COCC(F)F. The van der Waals surface area contributed by atoms with Gasteiger partial charge in [0.25, 0.3) is 6.43 Å². The van der Waals surface area contributed by atoms with Crippen LogP contribution in [-0.4, -0.2) is 42.9 Å². The van der Waals surface area contributed by atoms with E-state index in [0.29, 0.717) is 0 Å². The number of rotatable bonds is 5. The Morgan fingerprint density at radius 2 is 2.10 bits per heavy atom. The Hall–Kier alpha value is -1.05. The normalized spacial score (nSPS) is 25.4. The first-order valence-corrected chi connectivity index (χ1v) is 6.45. The van der Waals surface area contributed by atoms with Gasteiger partial charge in [-0.25, -0.2) is 8.78 Å². The van der Waals surface area contributed by atoms with Crippen LogP contribution in [0.5, 0.6) is 0 Å². The van der Waals surface area contributed by atoms with Crippen LogP contribution in [0.2, 0.25) is 0 Å². The second-order valence-electron chi connectivity index (χ2n) is 5.50. The van der Waals surface area contributed by atoms with Gasteiger partial charge >= 0.3 is 7.12 Å². The molecule has 1 aliphatic rings. The van der Waals surface area contributed by atoms with E-state index in [2.05, 4.69) is 4.98 Å². The Balaban J connectivity index is 2.06. The molecule has 7 heteroatoms. The standard InChI is InChI=1S/C13H18BF2NO3/c1-12(2)13(3,9-18-8-11(15)16)20-14(19-12)10-5-4-6-17-7-10/h4-7,11H,8-9H2,1-3H3. The summed E-state index contributed by atoms with van der Waals surface area (Å²) in [6.07, 6.45) is 0.833. The van der Waals surface area contributed by atoms with E-state index in [1.165, 1.54) is 0 Å². The number of halogens is 2. The molecule has 1 fully saturated rings. The van der Waals surface area contributed by atoms with Crippen LogP contribution in [-0.2, 0) is 14.0 Å². The molecule has 1 saturated heterocycles. The molecule has 1 aromatic heterocycles. The Morgan fingerprint density at radius 3 is 2.70 bits per heavy atom. The zero-order valence-corrected chi connectivity index (χ0v) is 11.8. The lowest BCUT2D eigenvalue weighted by molar-refractivity contribution is -0.0887. The Morgan fingerprint density at radius 1 is 1.35 bits per heavy atom. The molecule has 1 aliphatic heterocycles. The summed E-state index contributed by atoms with van der Waals surface area (Å²) in [5, 5.41) is 0. The van der Waals surface area contributed by atoms with Crippen molar-refractivity contribution >= 4 is 12.6 Å². The van der Waals surface area contributed by atoms with Gasteiger partial charge in [-0.3, -0.25) is 4.98 Å². The maximum atomic E-state index is 12.2. The lowest BCUT2D eigenvalue weighted by Gasteiger charge is -2.35. The minimum atomic E-state index is -2.49. The van der Waals surface area contributed by atoms with Crippen molar-refractivity contribution in [1.29, 1.82) is 0 Å². The molecule has 20 heavy (non-hydrogen) atoms. The maximum Gasteiger partial charge on any atom is 0.496 e. The van der Waals surface area contributed by atoms with E-state index in [-0.39, 0.29) is 6.61 Å². The third kappa shape index (κ3) is 3.16. The van der Waals surface area contributed by atoms with Crippen molar-refractivity contribution in [2.75, 3.05) is 13.2 Å². The van der Waals surface area contributed by atoms with Gasteiger partial charge in [0.15, 0.2) is 0 Å². The molecule has 1 atom stereocenters. The van der Waals surface area contributed by atoms with Gasteiger partial charge in [0.1, 0.15) is 12.2 Å². The van der Waals surface area contributed by atoms with Crippen molar-refractivity contribution in [2.45, 2.75) is 38.4 Å². The molecule has 0 amide bonds. The highest BCUT2D eigenvalue weighted by Crippen LogP contribution is 2.37. The van der Waals surface area contributed by atoms with Crippen molar-refractivity contribution in [3.8, 4) is 0 Å². The van der Waals surface area contributed by atoms with Gasteiger partial charge in [0, 0.05) is 17.9 Å². The highest BCUT2D eigenvalue weighted by atomic mass is 19.3. The maximum absolute atomic E-state index is 12.2. The van der Waals surface area contributed by atoms with Gasteiger partial charge in [-0.15, -0.1) is 0 Å². The number of pyridine rings is 1. The van der Waals surface area contributed by atoms with E-state index in [0.717, 1.165) is 5.46 Å². The third-order valence-electron chi connectivity index (χ3n) is 3.62. The highest BCUT2D eigenvalue weighted by molar-refractivity contribution is 6.62. The molecular weight excluding hydrogens is 267 g/mol. The lowest BCUT2D eigenvalue weighted by Crippen LogP contribution is -2.48. The van der Waals surface area contributed by atoms with Crippen molar-refractivity contribution < 1.29 is 22.8 Å². The fourth-order valence-corrected chi connectivity index (χ4v) is 2.00. The molecular formula is C13H18BF2NO3. The molecule has 0 N–H and O–H groups in total. The second kappa shape index (κ2) is 5.75. The predicted molar refractivity (Wildman–Crippen MR) is 71.1 cm³/mol. The van der Waals surface area contributed by atoms with Crippen molar-refractivity contribution in [1.82, 2.24) is 4.98 Å². The molecule has 1 aromatic rings. The summed E-state index contributed by atoms with van der Waals surface area (Å²) < 4.78 is 41.1. The largest absolute Gasteiger partial charge is 0.496 e. The van der Waals surface area contributed by atoms with E-state index in [1.54, 1.807) is 25.4 Å². The molecule has 110 valence electrons. The minimum Gasteiger partial charge on any atom is -0.399 e. The number of aromatic nitrogens is 1. The summed E-state index contributed by atoms with van der Waals surface area (Å²) in [5.41, 5.74) is -0.670. The highest BCUT2D eigenvalue weighted by Gasteiger charge is 2.54. The average molecular weight is 285 g/mol. The lowest BCUT2D eigenvalue weighted by atomic mass is 9.80. The van der Waals surface area contributed by atoms with Crippen LogP contribution in [0.1, 0.15) is 20.8 Å². The molecule has 0 saturated carbocycles. The van der Waals surface area contributed by atoms with E-state index in [1.807, 2.05) is 19.9 Å². The number of hydrogen-bond donors (Lipinski definition) is 0. The van der Waals surface area contributed by atoms with Crippen LogP contribution in [0.4, 0.5) is 8.78 Å². The Labute approximate surface area is 117 Å². The summed E-state index contributed by atoms with van der Waals surface area (Å²) in [6.45, 7) is 4.95. The molecule has 1 unspecified atom stereocenters. The second-order valence-corrected chi connectivity index (χ2v) is 5.50. The first-order chi connectivity index (χ1) is 9.34. The Bertz CT molecular complexity index is 447. The molecule has 2 heterocycles. The molecule has 0 spiro atoms. The van der Waals surface area contributed by atoms with Gasteiger partial charge in [-0.2, -0.15) is 0 Å². The van der Waals surface area contributed by atoms with Crippen LogP contribution in [0.3, 0.4) is 0 Å². The predicted octanol–water partition coefficient (Wildman–Crippen LogP) is 1.64.